The number of hydrogen-bond acceptors (Lipinski definition) is 1. The first-order valence-electron chi connectivity index (χ1n) is 5.05. The lowest BCUT2D eigenvalue weighted by atomic mass is 9.83. The van der Waals surface area contributed by atoms with Crippen molar-refractivity contribution in [1.82, 2.24) is 10.2 Å². The van der Waals surface area contributed by atoms with E-state index in [4.69, 9.17) is 0 Å². The summed E-state index contributed by atoms with van der Waals surface area (Å²) in [5, 5.41) is 7.02. The van der Waals surface area contributed by atoms with E-state index < -0.39 is 0 Å². The van der Waals surface area contributed by atoms with Gasteiger partial charge in [0.1, 0.15) is 0 Å². The third-order valence-electron chi connectivity index (χ3n) is 2.64. The van der Waals surface area contributed by atoms with Crippen molar-refractivity contribution in [3.8, 4) is 0 Å². The maximum atomic E-state index is 13.3. The molecule has 2 rings (SSSR count). The van der Waals surface area contributed by atoms with Crippen LogP contribution in [0.1, 0.15) is 31.9 Å². The van der Waals surface area contributed by atoms with Crippen LogP contribution in [0.3, 0.4) is 0 Å². The van der Waals surface area contributed by atoms with Crippen LogP contribution in [-0.2, 0) is 5.41 Å². The van der Waals surface area contributed by atoms with Crippen molar-refractivity contribution in [2.45, 2.75) is 33.1 Å². The Balaban J connectivity index is 2.87. The highest BCUT2D eigenvalue weighted by atomic mass is 19.1. The minimum Gasteiger partial charge on any atom is -0.252 e. The number of benzene rings is 1. The Kier molecular flexibility index (Phi) is 2.07. The Bertz CT molecular complexity index is 506. The van der Waals surface area contributed by atoms with Crippen LogP contribution in [-0.4, -0.2) is 10.2 Å². The summed E-state index contributed by atoms with van der Waals surface area (Å²) in [6.45, 7) is 8.37. The lowest BCUT2D eigenvalue weighted by Gasteiger charge is -2.21. The summed E-state index contributed by atoms with van der Waals surface area (Å²) >= 11 is 0. The second-order valence-electron chi connectivity index (χ2n) is 4.94. The highest BCUT2D eigenvalue weighted by Crippen LogP contribution is 2.32. The molecule has 1 N–H and O–H groups in total. The van der Waals surface area contributed by atoms with Gasteiger partial charge in [0.15, 0.2) is 0 Å². The van der Waals surface area contributed by atoms with Gasteiger partial charge in [-0.15, -0.1) is 0 Å². The van der Waals surface area contributed by atoms with E-state index in [0.29, 0.717) is 5.39 Å². The van der Waals surface area contributed by atoms with Crippen molar-refractivity contribution in [1.29, 1.82) is 0 Å². The number of aromatic nitrogens is 2. The molecule has 0 aliphatic heterocycles. The molecule has 1 aromatic heterocycles. The van der Waals surface area contributed by atoms with Crippen molar-refractivity contribution >= 4 is 10.9 Å². The van der Waals surface area contributed by atoms with E-state index in [9.17, 15) is 4.39 Å². The molecule has 0 radical (unpaired) electrons. The Morgan fingerprint density at radius 3 is 2.53 bits per heavy atom. The summed E-state index contributed by atoms with van der Waals surface area (Å²) in [7, 11) is 0. The standard InChI is InChI=1S/C12H15FN2/c1-7-5-6-8-10(14-15-11(8)13)9(7)12(2,3)4/h5-6H,1-4H3,(H,14,15). The Morgan fingerprint density at radius 1 is 1.27 bits per heavy atom. The van der Waals surface area contributed by atoms with Crippen LogP contribution in [0.25, 0.3) is 10.9 Å². The first-order chi connectivity index (χ1) is 6.91. The zero-order valence-electron chi connectivity index (χ0n) is 9.48. The Morgan fingerprint density at radius 2 is 1.93 bits per heavy atom. The van der Waals surface area contributed by atoms with Crippen molar-refractivity contribution < 1.29 is 4.39 Å². The van der Waals surface area contributed by atoms with E-state index in [-0.39, 0.29) is 11.4 Å². The van der Waals surface area contributed by atoms with E-state index in [1.54, 1.807) is 6.07 Å². The smallest absolute Gasteiger partial charge is 0.216 e. The Labute approximate surface area is 88.5 Å². The average molecular weight is 206 g/mol. The first kappa shape index (κ1) is 10.1. The molecule has 0 spiro atoms. The van der Waals surface area contributed by atoms with Crippen molar-refractivity contribution in [3.05, 3.63) is 29.2 Å². The summed E-state index contributed by atoms with van der Waals surface area (Å²) < 4.78 is 13.3. The summed E-state index contributed by atoms with van der Waals surface area (Å²) in [5.74, 6) is -0.351. The minimum absolute atomic E-state index is 0.0226. The fourth-order valence-electron chi connectivity index (χ4n) is 2.10. The third-order valence-corrected chi connectivity index (χ3v) is 2.64. The lowest BCUT2D eigenvalue weighted by Crippen LogP contribution is -2.13. The van der Waals surface area contributed by atoms with Gasteiger partial charge < -0.3 is 0 Å². The number of H-pyrrole nitrogens is 1. The van der Waals surface area contributed by atoms with Crippen molar-refractivity contribution in [2.75, 3.05) is 0 Å². The zero-order valence-corrected chi connectivity index (χ0v) is 9.48. The van der Waals surface area contributed by atoms with Gasteiger partial charge in [0.25, 0.3) is 0 Å². The third kappa shape index (κ3) is 1.52. The molecule has 2 nitrogen and oxygen atoms in total. The highest BCUT2D eigenvalue weighted by Gasteiger charge is 2.22. The molecule has 80 valence electrons. The first-order valence-corrected chi connectivity index (χ1v) is 5.05. The van der Waals surface area contributed by atoms with E-state index in [2.05, 4.69) is 31.0 Å². The van der Waals surface area contributed by atoms with Gasteiger partial charge in [-0.3, -0.25) is 5.10 Å². The monoisotopic (exact) mass is 206 g/mol. The van der Waals surface area contributed by atoms with Gasteiger partial charge in [0, 0.05) is 0 Å². The van der Waals surface area contributed by atoms with Crippen LogP contribution in [0.4, 0.5) is 4.39 Å². The van der Waals surface area contributed by atoms with Crippen LogP contribution in [0.2, 0.25) is 0 Å². The molecule has 2 aromatic rings. The lowest BCUT2D eigenvalue weighted by molar-refractivity contribution is 0.586. The molecule has 1 aromatic carbocycles. The number of fused-ring (bicyclic) bond motifs is 1. The molecule has 0 aliphatic rings. The van der Waals surface area contributed by atoms with E-state index in [1.807, 2.05) is 13.0 Å². The molecule has 0 fully saturated rings. The predicted molar refractivity (Wildman–Crippen MR) is 59.5 cm³/mol. The molecule has 0 amide bonds. The molecule has 0 bridgehead atoms. The predicted octanol–water partition coefficient (Wildman–Crippen LogP) is 3.31. The molecule has 0 unspecified atom stereocenters. The molecular weight excluding hydrogens is 191 g/mol. The summed E-state index contributed by atoms with van der Waals surface area (Å²) in [5.41, 5.74) is 2.99. The summed E-state index contributed by atoms with van der Waals surface area (Å²) in [6, 6.07) is 3.72. The number of aryl methyl sites for hydroxylation is 1. The quantitative estimate of drug-likeness (QED) is 0.703. The van der Waals surface area contributed by atoms with E-state index >= 15 is 0 Å². The molecule has 0 aliphatic carbocycles. The van der Waals surface area contributed by atoms with Gasteiger partial charge in [-0.05, 0) is 29.5 Å². The normalized spacial score (nSPS) is 12.3. The number of halogens is 1. The number of rotatable bonds is 0. The largest absolute Gasteiger partial charge is 0.252 e. The fraction of sp³-hybridized carbons (Fsp3) is 0.417. The van der Waals surface area contributed by atoms with Crippen molar-refractivity contribution in [2.24, 2.45) is 0 Å². The van der Waals surface area contributed by atoms with Gasteiger partial charge in [-0.25, -0.2) is 0 Å². The van der Waals surface area contributed by atoms with Crippen LogP contribution in [0.5, 0.6) is 0 Å². The topological polar surface area (TPSA) is 28.7 Å². The van der Waals surface area contributed by atoms with E-state index in [1.165, 1.54) is 0 Å². The van der Waals surface area contributed by atoms with Gasteiger partial charge in [0.05, 0.1) is 10.9 Å². The highest BCUT2D eigenvalue weighted by molar-refractivity contribution is 5.84. The number of hydrogen-bond donors (Lipinski definition) is 1. The second-order valence-corrected chi connectivity index (χ2v) is 4.94. The maximum Gasteiger partial charge on any atom is 0.216 e. The van der Waals surface area contributed by atoms with Gasteiger partial charge in [-0.1, -0.05) is 26.8 Å². The number of aromatic amines is 1. The molecule has 0 atom stereocenters. The zero-order chi connectivity index (χ0) is 11.2. The van der Waals surface area contributed by atoms with Crippen LogP contribution >= 0.6 is 0 Å². The second kappa shape index (κ2) is 3.05. The number of nitrogens with zero attached hydrogens (tertiary/aromatic N) is 1. The van der Waals surface area contributed by atoms with Crippen LogP contribution < -0.4 is 0 Å². The van der Waals surface area contributed by atoms with E-state index in [0.717, 1.165) is 16.6 Å². The molecule has 3 heteroatoms. The molecular formula is C12H15FN2. The maximum absolute atomic E-state index is 13.3. The Hall–Kier alpha value is -1.38. The van der Waals surface area contributed by atoms with Gasteiger partial charge in [0.2, 0.25) is 5.95 Å². The summed E-state index contributed by atoms with van der Waals surface area (Å²) in [6.07, 6.45) is 0. The SMILES string of the molecule is Cc1ccc2c(F)[nH]nc2c1C(C)(C)C. The van der Waals surface area contributed by atoms with Gasteiger partial charge >= 0.3 is 0 Å². The van der Waals surface area contributed by atoms with Crippen LogP contribution in [0.15, 0.2) is 12.1 Å². The van der Waals surface area contributed by atoms with Crippen molar-refractivity contribution in [3.63, 3.8) is 0 Å². The fourth-order valence-corrected chi connectivity index (χ4v) is 2.10. The summed E-state index contributed by atoms with van der Waals surface area (Å²) in [4.78, 5) is 0. The molecule has 15 heavy (non-hydrogen) atoms. The molecule has 0 saturated heterocycles. The average Bonchev–Trinajstić information content (AvgIpc) is 2.45. The molecule has 0 saturated carbocycles. The number of nitrogens with one attached hydrogen (secondary N) is 1. The van der Waals surface area contributed by atoms with Crippen LogP contribution in [0, 0.1) is 12.9 Å². The molecule has 1 heterocycles. The van der Waals surface area contributed by atoms with Gasteiger partial charge in [-0.2, -0.15) is 9.49 Å². The minimum atomic E-state index is -0.351.